The molecule has 88 valence electrons. The molecule has 0 atom stereocenters. The van der Waals surface area contributed by atoms with Gasteiger partial charge in [-0.15, -0.1) is 0 Å². The van der Waals surface area contributed by atoms with E-state index in [4.69, 9.17) is 0 Å². The quantitative estimate of drug-likeness (QED) is 0.468. The first-order chi connectivity index (χ1) is 8.06. The van der Waals surface area contributed by atoms with Crippen molar-refractivity contribution in [3.8, 4) is 0 Å². The molecule has 0 N–H and O–H groups in total. The molecular formula is C8H6IN5O3. The van der Waals surface area contributed by atoms with E-state index < -0.39 is 4.92 Å². The lowest BCUT2D eigenvalue weighted by molar-refractivity contribution is -0.385. The Morgan fingerprint density at radius 2 is 2.18 bits per heavy atom. The van der Waals surface area contributed by atoms with Crippen LogP contribution in [0, 0.1) is 13.7 Å². The third-order valence-corrected chi connectivity index (χ3v) is 2.49. The molecule has 2 aromatic heterocycles. The Morgan fingerprint density at radius 3 is 2.71 bits per heavy atom. The van der Waals surface area contributed by atoms with Gasteiger partial charge in [-0.3, -0.25) is 19.6 Å². The number of nitrogens with zero attached hydrogens (tertiary/aromatic N) is 5. The largest absolute Gasteiger partial charge is 0.307 e. The first-order valence-corrected chi connectivity index (χ1v) is 5.54. The topological polar surface area (TPSA) is 95.9 Å². The van der Waals surface area contributed by atoms with Gasteiger partial charge < -0.3 is 0 Å². The number of halogens is 1. The van der Waals surface area contributed by atoms with Gasteiger partial charge in [0.15, 0.2) is 0 Å². The molecule has 0 spiro atoms. The molecule has 0 unspecified atom stereocenters. The maximum absolute atomic E-state index is 11.7. The smallest absolute Gasteiger partial charge is 0.270 e. The molecule has 0 aromatic carbocycles. The van der Waals surface area contributed by atoms with Gasteiger partial charge in [-0.25, -0.2) is 4.68 Å². The standard InChI is InChI=1S/C8H6IN5O3/c9-6-1-11-13(3-6)8(15)5-12-4-7(2-10-12)14(16)17/h1-4H,5H2. The molecule has 0 saturated heterocycles. The van der Waals surface area contributed by atoms with Crippen LogP contribution in [0.25, 0.3) is 0 Å². The lowest BCUT2D eigenvalue weighted by Gasteiger charge is -1.99. The summed E-state index contributed by atoms with van der Waals surface area (Å²) < 4.78 is 3.21. The van der Waals surface area contributed by atoms with Crippen molar-refractivity contribution in [3.05, 3.63) is 38.5 Å². The average Bonchev–Trinajstić information content (AvgIpc) is 2.86. The Kier molecular flexibility index (Phi) is 3.17. The van der Waals surface area contributed by atoms with E-state index in [9.17, 15) is 14.9 Å². The summed E-state index contributed by atoms with van der Waals surface area (Å²) in [5, 5.41) is 18.0. The predicted molar refractivity (Wildman–Crippen MR) is 64.5 cm³/mol. The molecular weight excluding hydrogens is 341 g/mol. The average molecular weight is 347 g/mol. The summed E-state index contributed by atoms with van der Waals surface area (Å²) in [6.45, 7) is -0.0917. The molecule has 2 aromatic rings. The van der Waals surface area contributed by atoms with E-state index in [0.29, 0.717) is 0 Å². The van der Waals surface area contributed by atoms with Crippen molar-refractivity contribution in [2.45, 2.75) is 6.54 Å². The van der Waals surface area contributed by atoms with Gasteiger partial charge in [0, 0.05) is 6.20 Å². The van der Waals surface area contributed by atoms with Crippen molar-refractivity contribution in [2.24, 2.45) is 0 Å². The molecule has 0 aliphatic carbocycles. The highest BCUT2D eigenvalue weighted by atomic mass is 127. The number of aromatic nitrogens is 4. The minimum absolute atomic E-state index is 0.0917. The van der Waals surface area contributed by atoms with Crippen molar-refractivity contribution in [3.63, 3.8) is 0 Å². The number of carbonyl (C=O) groups excluding carboxylic acids is 1. The summed E-state index contributed by atoms with van der Waals surface area (Å²) in [6, 6.07) is 0. The van der Waals surface area contributed by atoms with Crippen molar-refractivity contribution in [2.75, 3.05) is 0 Å². The highest BCUT2D eigenvalue weighted by Crippen LogP contribution is 2.08. The highest BCUT2D eigenvalue weighted by Gasteiger charge is 2.12. The highest BCUT2D eigenvalue weighted by molar-refractivity contribution is 14.1. The van der Waals surface area contributed by atoms with Crippen LogP contribution in [-0.4, -0.2) is 30.4 Å². The van der Waals surface area contributed by atoms with Crippen LogP contribution in [0.15, 0.2) is 24.8 Å². The van der Waals surface area contributed by atoms with E-state index in [-0.39, 0.29) is 18.1 Å². The van der Waals surface area contributed by atoms with E-state index in [0.717, 1.165) is 9.77 Å². The van der Waals surface area contributed by atoms with Gasteiger partial charge in [-0.2, -0.15) is 10.2 Å². The summed E-state index contributed by atoms with van der Waals surface area (Å²) in [4.78, 5) is 21.5. The molecule has 9 heteroatoms. The Labute approximate surface area is 109 Å². The molecule has 0 radical (unpaired) electrons. The predicted octanol–water partition coefficient (Wildman–Crippen LogP) is 0.933. The Hall–Kier alpha value is -1.78. The molecule has 0 aliphatic rings. The molecule has 0 fully saturated rings. The zero-order valence-electron chi connectivity index (χ0n) is 8.36. The molecule has 17 heavy (non-hydrogen) atoms. The fourth-order valence-electron chi connectivity index (χ4n) is 1.18. The second kappa shape index (κ2) is 4.61. The van der Waals surface area contributed by atoms with Gasteiger partial charge in [0.1, 0.15) is 18.9 Å². The van der Waals surface area contributed by atoms with Crippen molar-refractivity contribution in [1.82, 2.24) is 19.6 Å². The zero-order chi connectivity index (χ0) is 12.4. The molecule has 0 bridgehead atoms. The van der Waals surface area contributed by atoms with Gasteiger partial charge in [0.25, 0.3) is 5.91 Å². The van der Waals surface area contributed by atoms with Crippen LogP contribution in [0.1, 0.15) is 4.79 Å². The molecule has 8 nitrogen and oxygen atoms in total. The summed E-state index contributed by atoms with van der Waals surface area (Å²) >= 11 is 2.03. The van der Waals surface area contributed by atoms with Crippen LogP contribution < -0.4 is 0 Å². The summed E-state index contributed by atoms with van der Waals surface area (Å²) in [6.07, 6.45) is 5.41. The first kappa shape index (κ1) is 11.7. The van der Waals surface area contributed by atoms with Gasteiger partial charge in [-0.05, 0) is 22.6 Å². The SMILES string of the molecule is O=C(Cn1cc([N+](=O)[O-])cn1)n1cc(I)cn1. The summed E-state index contributed by atoms with van der Waals surface area (Å²) in [5.41, 5.74) is -0.146. The van der Waals surface area contributed by atoms with E-state index >= 15 is 0 Å². The Bertz CT molecular complexity index is 575. The van der Waals surface area contributed by atoms with Crippen molar-refractivity contribution < 1.29 is 9.72 Å². The molecule has 0 amide bonds. The number of rotatable bonds is 3. The van der Waals surface area contributed by atoms with E-state index in [2.05, 4.69) is 10.2 Å². The summed E-state index contributed by atoms with van der Waals surface area (Å²) in [5.74, 6) is -0.314. The van der Waals surface area contributed by atoms with Crippen LogP contribution in [-0.2, 0) is 6.54 Å². The van der Waals surface area contributed by atoms with E-state index in [1.54, 1.807) is 12.4 Å². The van der Waals surface area contributed by atoms with E-state index in [1.807, 2.05) is 22.6 Å². The first-order valence-electron chi connectivity index (χ1n) is 4.46. The van der Waals surface area contributed by atoms with Gasteiger partial charge in [0.05, 0.1) is 14.7 Å². The summed E-state index contributed by atoms with van der Waals surface area (Å²) in [7, 11) is 0. The number of carbonyl (C=O) groups is 1. The van der Waals surface area contributed by atoms with Gasteiger partial charge >= 0.3 is 5.69 Å². The fraction of sp³-hybridized carbons (Fsp3) is 0.125. The lowest BCUT2D eigenvalue weighted by atomic mass is 10.5. The third-order valence-electron chi connectivity index (χ3n) is 1.93. The molecule has 0 saturated carbocycles. The Morgan fingerprint density at radius 1 is 1.41 bits per heavy atom. The second-order valence-electron chi connectivity index (χ2n) is 3.15. The molecule has 0 aliphatic heterocycles. The normalized spacial score (nSPS) is 10.4. The fourth-order valence-corrected chi connectivity index (χ4v) is 1.57. The zero-order valence-corrected chi connectivity index (χ0v) is 10.5. The number of hydrogen-bond donors (Lipinski definition) is 0. The van der Waals surface area contributed by atoms with Gasteiger partial charge in [0.2, 0.25) is 0 Å². The van der Waals surface area contributed by atoms with Gasteiger partial charge in [-0.1, -0.05) is 0 Å². The Balaban J connectivity index is 2.10. The van der Waals surface area contributed by atoms with E-state index in [1.165, 1.54) is 15.6 Å². The minimum atomic E-state index is -0.565. The molecule has 2 rings (SSSR count). The number of nitro groups is 1. The van der Waals surface area contributed by atoms with Crippen LogP contribution in [0.2, 0.25) is 0 Å². The van der Waals surface area contributed by atoms with Crippen molar-refractivity contribution >= 4 is 34.2 Å². The van der Waals surface area contributed by atoms with Crippen LogP contribution in [0.4, 0.5) is 5.69 Å². The van der Waals surface area contributed by atoms with Crippen LogP contribution in [0.5, 0.6) is 0 Å². The second-order valence-corrected chi connectivity index (χ2v) is 4.40. The molecule has 2 heterocycles. The van der Waals surface area contributed by atoms with Crippen LogP contribution in [0.3, 0.4) is 0 Å². The number of hydrogen-bond acceptors (Lipinski definition) is 5. The van der Waals surface area contributed by atoms with Crippen molar-refractivity contribution in [1.29, 1.82) is 0 Å². The van der Waals surface area contributed by atoms with Crippen LogP contribution >= 0.6 is 22.6 Å². The monoisotopic (exact) mass is 347 g/mol. The third kappa shape index (κ3) is 2.67. The maximum Gasteiger partial charge on any atom is 0.307 e. The minimum Gasteiger partial charge on any atom is -0.270 e. The lowest BCUT2D eigenvalue weighted by Crippen LogP contribution is -2.18. The maximum atomic E-state index is 11.7.